The van der Waals surface area contributed by atoms with Crippen LogP contribution in [0.4, 0.5) is 0 Å². The van der Waals surface area contributed by atoms with Crippen LogP contribution in [0.25, 0.3) is 0 Å². The van der Waals surface area contributed by atoms with Crippen molar-refractivity contribution in [1.82, 2.24) is 5.43 Å². The van der Waals surface area contributed by atoms with Crippen molar-refractivity contribution in [3.05, 3.63) is 57.6 Å². The Balaban J connectivity index is 2.09. The summed E-state index contributed by atoms with van der Waals surface area (Å²) in [5.41, 5.74) is 4.27. The molecule has 0 spiro atoms. The maximum atomic E-state index is 8.68. The van der Waals surface area contributed by atoms with Crippen molar-refractivity contribution in [1.29, 1.82) is 0 Å². The zero-order valence-electron chi connectivity index (χ0n) is 13.1. The molecule has 0 saturated heterocycles. The minimum Gasteiger partial charge on any atom is -0.493 e. The lowest BCUT2D eigenvalue weighted by Gasteiger charge is -2.13. The maximum absolute atomic E-state index is 8.68. The van der Waals surface area contributed by atoms with Gasteiger partial charge in [0.05, 0.1) is 26.5 Å². The Kier molecular flexibility index (Phi) is 7.18. The molecule has 0 aliphatic carbocycles. The van der Waals surface area contributed by atoms with Crippen molar-refractivity contribution in [3.8, 4) is 11.5 Å². The van der Waals surface area contributed by atoms with E-state index in [0.29, 0.717) is 28.1 Å². The zero-order valence-corrected chi connectivity index (χ0v) is 14.6. The van der Waals surface area contributed by atoms with Gasteiger partial charge in [0.25, 0.3) is 0 Å². The third kappa shape index (κ3) is 5.03. The van der Waals surface area contributed by atoms with Crippen molar-refractivity contribution < 1.29 is 14.6 Å². The normalized spacial score (nSPS) is 10.8. The second-order valence-corrected chi connectivity index (χ2v) is 5.60. The monoisotopic (exact) mass is 368 g/mol. The molecule has 128 valence electrons. The summed E-state index contributed by atoms with van der Waals surface area (Å²) in [6, 6.07) is 10.7. The zero-order chi connectivity index (χ0) is 17.4. The summed E-state index contributed by atoms with van der Waals surface area (Å²) in [5.74, 6) is 1.15. The fourth-order valence-corrected chi connectivity index (χ4v) is 2.45. The standard InChI is InChI=1S/C17H18Cl2N2O3/c1-23-17-9-12(10-21-20-7-8-22)5-6-16(17)24-11-13-14(18)3-2-4-15(13)19/h2-6,9-10,20,22H,7-8,11H2,1H3/b21-10+. The van der Waals surface area contributed by atoms with Crippen LogP contribution in [0.1, 0.15) is 11.1 Å². The van der Waals surface area contributed by atoms with E-state index in [-0.39, 0.29) is 13.2 Å². The van der Waals surface area contributed by atoms with E-state index in [0.717, 1.165) is 11.1 Å². The van der Waals surface area contributed by atoms with E-state index in [2.05, 4.69) is 10.5 Å². The Morgan fingerprint density at radius 1 is 1.17 bits per heavy atom. The highest BCUT2D eigenvalue weighted by atomic mass is 35.5. The number of benzene rings is 2. The van der Waals surface area contributed by atoms with Crippen molar-refractivity contribution >= 4 is 29.4 Å². The Morgan fingerprint density at radius 3 is 2.58 bits per heavy atom. The SMILES string of the molecule is COc1cc(/C=N/NCCO)ccc1OCc1c(Cl)cccc1Cl. The van der Waals surface area contributed by atoms with E-state index < -0.39 is 0 Å². The lowest BCUT2D eigenvalue weighted by Crippen LogP contribution is -2.11. The molecule has 2 rings (SSSR count). The lowest BCUT2D eigenvalue weighted by atomic mass is 10.2. The molecule has 24 heavy (non-hydrogen) atoms. The smallest absolute Gasteiger partial charge is 0.161 e. The molecular formula is C17H18Cl2N2O3. The highest BCUT2D eigenvalue weighted by Crippen LogP contribution is 2.31. The predicted molar refractivity (Wildman–Crippen MR) is 96.5 cm³/mol. The molecule has 2 aromatic carbocycles. The van der Waals surface area contributed by atoms with Gasteiger partial charge in [-0.15, -0.1) is 0 Å². The number of nitrogens with zero attached hydrogens (tertiary/aromatic N) is 1. The number of nitrogens with one attached hydrogen (secondary N) is 1. The average molecular weight is 369 g/mol. The van der Waals surface area contributed by atoms with Gasteiger partial charge in [-0.05, 0) is 35.9 Å². The fourth-order valence-electron chi connectivity index (χ4n) is 1.94. The lowest BCUT2D eigenvalue weighted by molar-refractivity contribution is 0.284. The second kappa shape index (κ2) is 9.37. The Bertz CT molecular complexity index is 688. The van der Waals surface area contributed by atoms with Crippen LogP contribution in [-0.2, 0) is 6.61 Å². The van der Waals surface area contributed by atoms with Gasteiger partial charge in [-0.1, -0.05) is 29.3 Å². The molecule has 2 aromatic rings. The fraction of sp³-hybridized carbons (Fsp3) is 0.235. The van der Waals surface area contributed by atoms with E-state index in [9.17, 15) is 0 Å². The van der Waals surface area contributed by atoms with Gasteiger partial charge in [0.1, 0.15) is 6.61 Å². The molecule has 0 saturated carbocycles. The number of methoxy groups -OCH3 is 1. The first-order valence-electron chi connectivity index (χ1n) is 7.26. The largest absolute Gasteiger partial charge is 0.493 e. The first kappa shape index (κ1) is 18.4. The first-order chi connectivity index (χ1) is 11.7. The summed E-state index contributed by atoms with van der Waals surface area (Å²) in [5, 5.41) is 13.8. The Labute approximate surface area is 150 Å². The third-order valence-electron chi connectivity index (χ3n) is 3.15. The van der Waals surface area contributed by atoms with Gasteiger partial charge in [-0.3, -0.25) is 0 Å². The molecule has 0 bridgehead atoms. The van der Waals surface area contributed by atoms with E-state index in [4.69, 9.17) is 37.8 Å². The summed E-state index contributed by atoms with van der Waals surface area (Å²) in [6.07, 6.45) is 1.63. The summed E-state index contributed by atoms with van der Waals surface area (Å²) in [6.45, 7) is 0.659. The number of aliphatic hydroxyl groups excluding tert-OH is 1. The Hall–Kier alpha value is -1.95. The van der Waals surface area contributed by atoms with Gasteiger partial charge in [0.15, 0.2) is 11.5 Å². The van der Waals surface area contributed by atoms with Crippen molar-refractivity contribution in [2.24, 2.45) is 5.10 Å². The topological polar surface area (TPSA) is 63.1 Å². The number of rotatable bonds is 8. The van der Waals surface area contributed by atoms with Crippen LogP contribution < -0.4 is 14.9 Å². The van der Waals surface area contributed by atoms with E-state index in [1.807, 2.05) is 6.07 Å². The highest BCUT2D eigenvalue weighted by molar-refractivity contribution is 6.35. The number of ether oxygens (including phenoxy) is 2. The van der Waals surface area contributed by atoms with Crippen molar-refractivity contribution in [2.75, 3.05) is 20.3 Å². The predicted octanol–water partition coefficient (Wildman–Crippen LogP) is 3.50. The van der Waals surface area contributed by atoms with Gasteiger partial charge < -0.3 is 20.0 Å². The van der Waals surface area contributed by atoms with Gasteiger partial charge >= 0.3 is 0 Å². The summed E-state index contributed by atoms with van der Waals surface area (Å²) < 4.78 is 11.1. The van der Waals surface area contributed by atoms with Crippen LogP contribution in [0.15, 0.2) is 41.5 Å². The first-order valence-corrected chi connectivity index (χ1v) is 8.01. The quantitative estimate of drug-likeness (QED) is 0.425. The number of hydrogen-bond acceptors (Lipinski definition) is 5. The summed E-state index contributed by atoms with van der Waals surface area (Å²) in [7, 11) is 1.57. The maximum Gasteiger partial charge on any atom is 0.161 e. The molecular weight excluding hydrogens is 351 g/mol. The average Bonchev–Trinajstić information content (AvgIpc) is 2.59. The molecule has 0 fully saturated rings. The Morgan fingerprint density at radius 2 is 1.92 bits per heavy atom. The molecule has 0 aliphatic rings. The second-order valence-electron chi connectivity index (χ2n) is 4.79. The van der Waals surface area contributed by atoms with Crippen LogP contribution >= 0.6 is 23.2 Å². The molecule has 5 nitrogen and oxygen atoms in total. The summed E-state index contributed by atoms with van der Waals surface area (Å²) >= 11 is 12.3. The van der Waals surface area contributed by atoms with Crippen LogP contribution in [0.3, 0.4) is 0 Å². The number of aliphatic hydroxyl groups is 1. The van der Waals surface area contributed by atoms with Gasteiger partial charge in [0.2, 0.25) is 0 Å². The molecule has 0 aromatic heterocycles. The molecule has 0 aliphatic heterocycles. The van der Waals surface area contributed by atoms with Gasteiger partial charge in [-0.25, -0.2) is 0 Å². The number of hydrogen-bond donors (Lipinski definition) is 2. The highest BCUT2D eigenvalue weighted by Gasteiger charge is 2.09. The molecule has 2 N–H and O–H groups in total. The van der Waals surface area contributed by atoms with Gasteiger partial charge in [0, 0.05) is 15.6 Å². The van der Waals surface area contributed by atoms with Crippen molar-refractivity contribution in [2.45, 2.75) is 6.61 Å². The van der Waals surface area contributed by atoms with Crippen molar-refractivity contribution in [3.63, 3.8) is 0 Å². The van der Waals surface area contributed by atoms with Crippen LogP contribution in [0, 0.1) is 0 Å². The molecule has 0 unspecified atom stereocenters. The van der Waals surface area contributed by atoms with E-state index in [1.165, 1.54) is 0 Å². The minimum absolute atomic E-state index is 0.0258. The summed E-state index contributed by atoms with van der Waals surface area (Å²) in [4.78, 5) is 0. The van der Waals surface area contributed by atoms with Crippen LogP contribution in [0.2, 0.25) is 10.0 Å². The number of hydrazone groups is 1. The van der Waals surface area contributed by atoms with Gasteiger partial charge in [-0.2, -0.15) is 5.10 Å². The minimum atomic E-state index is 0.0258. The molecule has 0 radical (unpaired) electrons. The third-order valence-corrected chi connectivity index (χ3v) is 3.86. The molecule has 7 heteroatoms. The van der Waals surface area contributed by atoms with E-state index in [1.54, 1.807) is 43.7 Å². The van der Waals surface area contributed by atoms with Crippen LogP contribution in [-0.4, -0.2) is 31.6 Å². The molecule has 0 heterocycles. The molecule has 0 atom stereocenters. The number of halogens is 2. The van der Waals surface area contributed by atoms with E-state index >= 15 is 0 Å². The molecule has 0 amide bonds. The van der Waals surface area contributed by atoms with Crippen LogP contribution in [0.5, 0.6) is 11.5 Å².